The van der Waals surface area contributed by atoms with Crippen molar-refractivity contribution < 1.29 is 4.79 Å². The molecule has 142 valence electrons. The number of hydrogen-bond acceptors (Lipinski definition) is 5. The van der Waals surface area contributed by atoms with E-state index in [-0.39, 0.29) is 30.7 Å². The van der Waals surface area contributed by atoms with Gasteiger partial charge in [0.15, 0.2) is 0 Å². The van der Waals surface area contributed by atoms with Crippen molar-refractivity contribution in [2.24, 2.45) is 0 Å². The normalized spacial score (nSPS) is 14.8. The Kier molecular flexibility index (Phi) is 8.81. The number of benzene rings is 1. The fraction of sp³-hybridized carbons (Fsp3) is 0.333. The second-order valence-corrected chi connectivity index (χ2v) is 6.21. The molecule has 0 bridgehead atoms. The molecule has 1 aromatic heterocycles. The molecule has 26 heavy (non-hydrogen) atoms. The van der Waals surface area contributed by atoms with Crippen molar-refractivity contribution in [1.29, 1.82) is 0 Å². The van der Waals surface area contributed by atoms with Crippen molar-refractivity contribution in [3.8, 4) is 0 Å². The lowest BCUT2D eigenvalue weighted by atomic mass is 10.1. The largest absolute Gasteiger partial charge is 0.384 e. The number of likely N-dealkylation sites (N-methyl/N-ethyl adjacent to an activating group) is 1. The van der Waals surface area contributed by atoms with Crippen LogP contribution in [0.4, 0.5) is 11.5 Å². The zero-order valence-electron chi connectivity index (χ0n) is 14.7. The van der Waals surface area contributed by atoms with E-state index < -0.39 is 0 Å². The Balaban J connectivity index is 0.00000169. The number of piperazine rings is 1. The van der Waals surface area contributed by atoms with Crippen LogP contribution in [0.15, 0.2) is 42.6 Å². The van der Waals surface area contributed by atoms with Gasteiger partial charge in [-0.05, 0) is 36.9 Å². The van der Waals surface area contributed by atoms with Crippen LogP contribution in [0.25, 0.3) is 0 Å². The third-order valence-corrected chi connectivity index (χ3v) is 4.24. The highest BCUT2D eigenvalue weighted by Crippen LogP contribution is 2.13. The number of hydrogen-bond donors (Lipinski definition) is 2. The summed E-state index contributed by atoms with van der Waals surface area (Å²) in [6.45, 7) is 5.17. The Bertz CT molecular complexity index is 703. The number of carbonyl (C=O) groups excluding carboxylic acids is 1. The molecule has 8 heteroatoms. The monoisotopic (exact) mass is 397 g/mol. The number of nitrogens with one attached hydrogen (secondary N) is 1. The van der Waals surface area contributed by atoms with E-state index in [4.69, 9.17) is 5.73 Å². The first kappa shape index (κ1) is 22.2. The van der Waals surface area contributed by atoms with Gasteiger partial charge < -0.3 is 16.0 Å². The van der Waals surface area contributed by atoms with Gasteiger partial charge in [0.25, 0.3) is 5.91 Å². The van der Waals surface area contributed by atoms with Gasteiger partial charge >= 0.3 is 0 Å². The van der Waals surface area contributed by atoms with Crippen LogP contribution >= 0.6 is 24.8 Å². The molecule has 0 unspecified atom stereocenters. The molecule has 1 saturated heterocycles. The summed E-state index contributed by atoms with van der Waals surface area (Å²) in [7, 11) is 2.15. The highest BCUT2D eigenvalue weighted by atomic mass is 35.5. The molecule has 0 saturated carbocycles. The topological polar surface area (TPSA) is 74.5 Å². The van der Waals surface area contributed by atoms with E-state index in [2.05, 4.69) is 33.2 Å². The molecule has 0 spiro atoms. The summed E-state index contributed by atoms with van der Waals surface area (Å²) >= 11 is 0. The molecule has 1 aliphatic heterocycles. The van der Waals surface area contributed by atoms with Crippen molar-refractivity contribution in [2.45, 2.75) is 6.54 Å². The number of aromatic nitrogens is 1. The third kappa shape index (κ3) is 6.14. The molecule has 0 aliphatic carbocycles. The Hall–Kier alpha value is -1.86. The van der Waals surface area contributed by atoms with Crippen LogP contribution in [-0.4, -0.2) is 53.9 Å². The molecular weight excluding hydrogens is 373 g/mol. The number of halogens is 2. The van der Waals surface area contributed by atoms with Gasteiger partial charge in [-0.2, -0.15) is 0 Å². The molecular formula is C18H25Cl2N5O. The summed E-state index contributed by atoms with van der Waals surface area (Å²) in [5, 5.41) is 2.84. The maximum atomic E-state index is 12.4. The molecule has 1 aliphatic rings. The molecule has 2 heterocycles. The van der Waals surface area contributed by atoms with E-state index in [9.17, 15) is 4.79 Å². The van der Waals surface area contributed by atoms with Gasteiger partial charge in [0.2, 0.25) is 0 Å². The summed E-state index contributed by atoms with van der Waals surface area (Å²) in [6, 6.07) is 11.2. The average Bonchev–Trinajstić information content (AvgIpc) is 2.59. The van der Waals surface area contributed by atoms with Gasteiger partial charge in [-0.15, -0.1) is 24.8 Å². The van der Waals surface area contributed by atoms with E-state index in [0.29, 0.717) is 17.1 Å². The van der Waals surface area contributed by atoms with Gasteiger partial charge in [-0.3, -0.25) is 9.69 Å². The van der Waals surface area contributed by atoms with E-state index in [1.807, 2.05) is 18.2 Å². The van der Waals surface area contributed by atoms with Crippen LogP contribution in [0.5, 0.6) is 0 Å². The van der Waals surface area contributed by atoms with Crippen LogP contribution in [0.3, 0.4) is 0 Å². The highest BCUT2D eigenvalue weighted by Gasteiger charge is 2.14. The van der Waals surface area contributed by atoms with Crippen LogP contribution in [0.1, 0.15) is 15.9 Å². The highest BCUT2D eigenvalue weighted by molar-refractivity contribution is 6.04. The Labute approximate surface area is 166 Å². The lowest BCUT2D eigenvalue weighted by molar-refractivity contribution is 0.102. The van der Waals surface area contributed by atoms with Crippen molar-refractivity contribution >= 4 is 42.2 Å². The molecule has 0 atom stereocenters. The summed E-state index contributed by atoms with van der Waals surface area (Å²) in [6.07, 6.45) is 1.56. The first-order chi connectivity index (χ1) is 11.6. The van der Waals surface area contributed by atoms with E-state index in [1.165, 1.54) is 0 Å². The van der Waals surface area contributed by atoms with Crippen LogP contribution in [-0.2, 0) is 6.54 Å². The van der Waals surface area contributed by atoms with Gasteiger partial charge in [0, 0.05) is 38.3 Å². The van der Waals surface area contributed by atoms with Crippen molar-refractivity contribution in [1.82, 2.24) is 14.8 Å². The van der Waals surface area contributed by atoms with Gasteiger partial charge in [-0.25, -0.2) is 4.98 Å². The minimum Gasteiger partial charge on any atom is -0.384 e. The molecule has 1 aromatic carbocycles. The minimum absolute atomic E-state index is 0. The second kappa shape index (κ2) is 10.3. The minimum atomic E-state index is -0.137. The first-order valence-electron chi connectivity index (χ1n) is 8.13. The zero-order chi connectivity index (χ0) is 16.9. The third-order valence-electron chi connectivity index (χ3n) is 4.24. The van der Waals surface area contributed by atoms with Crippen molar-refractivity contribution in [3.63, 3.8) is 0 Å². The maximum Gasteiger partial charge on any atom is 0.255 e. The Morgan fingerprint density at radius 1 is 1.15 bits per heavy atom. The fourth-order valence-corrected chi connectivity index (χ4v) is 2.76. The lowest BCUT2D eigenvalue weighted by Gasteiger charge is -2.32. The van der Waals surface area contributed by atoms with E-state index in [1.54, 1.807) is 18.3 Å². The van der Waals surface area contributed by atoms with Crippen LogP contribution in [0.2, 0.25) is 0 Å². The number of pyridine rings is 1. The SMILES string of the molecule is CN1CCN(Cc2cccc(C(=O)Nc3ccc(N)nc3)c2)CC1.Cl.Cl. The lowest BCUT2D eigenvalue weighted by Crippen LogP contribution is -2.43. The number of nitrogen functional groups attached to an aromatic ring is 1. The van der Waals surface area contributed by atoms with Crippen molar-refractivity contribution in [2.75, 3.05) is 44.3 Å². The predicted octanol–water partition coefficient (Wildman–Crippen LogP) is 2.51. The molecule has 3 N–H and O–H groups in total. The second-order valence-electron chi connectivity index (χ2n) is 6.21. The van der Waals surface area contributed by atoms with Gasteiger partial charge in [-0.1, -0.05) is 12.1 Å². The molecule has 1 amide bonds. The molecule has 6 nitrogen and oxygen atoms in total. The predicted molar refractivity (Wildman–Crippen MR) is 110 cm³/mol. The molecule has 0 radical (unpaired) electrons. The first-order valence-corrected chi connectivity index (χ1v) is 8.13. The van der Waals surface area contributed by atoms with E-state index in [0.717, 1.165) is 38.3 Å². The van der Waals surface area contributed by atoms with Gasteiger partial charge in [0.1, 0.15) is 5.82 Å². The summed E-state index contributed by atoms with van der Waals surface area (Å²) < 4.78 is 0. The number of nitrogens with two attached hydrogens (primary N) is 1. The fourth-order valence-electron chi connectivity index (χ4n) is 2.76. The molecule has 3 rings (SSSR count). The quantitative estimate of drug-likeness (QED) is 0.828. The zero-order valence-corrected chi connectivity index (χ0v) is 16.4. The van der Waals surface area contributed by atoms with Crippen molar-refractivity contribution in [3.05, 3.63) is 53.7 Å². The Morgan fingerprint density at radius 3 is 2.54 bits per heavy atom. The smallest absolute Gasteiger partial charge is 0.255 e. The Morgan fingerprint density at radius 2 is 1.88 bits per heavy atom. The molecule has 1 fully saturated rings. The number of anilines is 2. The van der Waals surface area contributed by atoms with Crippen LogP contribution in [0, 0.1) is 0 Å². The maximum absolute atomic E-state index is 12.4. The summed E-state index contributed by atoms with van der Waals surface area (Å²) in [5.41, 5.74) is 8.00. The number of amides is 1. The van der Waals surface area contributed by atoms with Crippen LogP contribution < -0.4 is 11.1 Å². The number of carbonyl (C=O) groups is 1. The standard InChI is InChI=1S/C18H23N5O.2ClH/c1-22-7-9-23(10-8-22)13-14-3-2-4-15(11-14)18(24)21-16-5-6-17(19)20-12-16;;/h2-6,11-12H,7-10,13H2,1H3,(H2,19,20)(H,21,24);2*1H. The average molecular weight is 398 g/mol. The number of nitrogens with zero attached hydrogens (tertiary/aromatic N) is 3. The van der Waals surface area contributed by atoms with Gasteiger partial charge in [0.05, 0.1) is 11.9 Å². The summed E-state index contributed by atoms with van der Waals surface area (Å²) in [4.78, 5) is 21.1. The molecule has 2 aromatic rings. The number of rotatable bonds is 4. The summed E-state index contributed by atoms with van der Waals surface area (Å²) in [5.74, 6) is 0.295. The van der Waals surface area contributed by atoms with E-state index >= 15 is 0 Å².